The Balaban J connectivity index is 1.30. The summed E-state index contributed by atoms with van der Waals surface area (Å²) in [5, 5.41) is 0. The third kappa shape index (κ3) is 2.67. The maximum atomic E-state index is 13.5. The number of amides is 1. The van der Waals surface area contributed by atoms with Gasteiger partial charge in [-0.15, -0.1) is 0 Å². The number of carbonyl (C=O) groups is 1. The third-order valence-electron chi connectivity index (χ3n) is 5.84. The molecule has 2 saturated heterocycles. The number of nitrogens with zero attached hydrogens (tertiary/aromatic N) is 4. The van der Waals surface area contributed by atoms with E-state index >= 15 is 0 Å². The number of fused-ring (bicyclic) bond motifs is 2. The van der Waals surface area contributed by atoms with E-state index in [0.717, 1.165) is 5.52 Å². The SMILES string of the molecule is Cc1nc(N2CC3CN(C(=O)c4cc5ccccn5c4)CC3C2)[nH]c(=O)c1F. The summed E-state index contributed by atoms with van der Waals surface area (Å²) in [6, 6.07) is 7.78. The molecule has 5 heterocycles. The summed E-state index contributed by atoms with van der Waals surface area (Å²) in [5.74, 6) is 0.261. The summed E-state index contributed by atoms with van der Waals surface area (Å²) in [7, 11) is 0. The van der Waals surface area contributed by atoms with Crippen molar-refractivity contribution in [2.45, 2.75) is 6.92 Å². The smallest absolute Gasteiger partial charge is 0.288 e. The van der Waals surface area contributed by atoms with Crippen molar-refractivity contribution in [3.8, 4) is 0 Å². The highest BCUT2D eigenvalue weighted by Crippen LogP contribution is 2.33. The monoisotopic (exact) mass is 381 g/mol. The molecule has 3 aromatic rings. The number of carbonyl (C=O) groups excluding carboxylic acids is 1. The van der Waals surface area contributed by atoms with Crippen LogP contribution in [0.1, 0.15) is 16.1 Å². The minimum Gasteiger partial charge on any atom is -0.342 e. The van der Waals surface area contributed by atoms with Crippen LogP contribution in [0.2, 0.25) is 0 Å². The van der Waals surface area contributed by atoms with Gasteiger partial charge < -0.3 is 14.2 Å². The Morgan fingerprint density at radius 2 is 1.96 bits per heavy atom. The summed E-state index contributed by atoms with van der Waals surface area (Å²) in [6.45, 7) is 4.24. The molecule has 5 rings (SSSR count). The number of aryl methyl sites for hydroxylation is 1. The molecule has 0 radical (unpaired) electrons. The lowest BCUT2D eigenvalue weighted by molar-refractivity contribution is 0.0782. The zero-order valence-electron chi connectivity index (χ0n) is 15.4. The van der Waals surface area contributed by atoms with Crippen molar-refractivity contribution in [1.29, 1.82) is 0 Å². The Morgan fingerprint density at radius 3 is 2.64 bits per heavy atom. The highest BCUT2D eigenvalue weighted by molar-refractivity contribution is 5.95. The number of aromatic nitrogens is 3. The van der Waals surface area contributed by atoms with Gasteiger partial charge in [0.25, 0.3) is 11.5 Å². The van der Waals surface area contributed by atoms with Crippen LogP contribution in [0.15, 0.2) is 41.5 Å². The van der Waals surface area contributed by atoms with Crippen LogP contribution in [0.3, 0.4) is 0 Å². The molecule has 2 aliphatic heterocycles. The van der Waals surface area contributed by atoms with Gasteiger partial charge >= 0.3 is 0 Å². The highest BCUT2D eigenvalue weighted by Gasteiger charge is 2.42. The molecule has 2 unspecified atom stereocenters. The van der Waals surface area contributed by atoms with E-state index in [-0.39, 0.29) is 11.6 Å². The van der Waals surface area contributed by atoms with E-state index < -0.39 is 11.4 Å². The molecule has 0 bridgehead atoms. The molecular weight excluding hydrogens is 361 g/mol. The van der Waals surface area contributed by atoms with E-state index in [4.69, 9.17) is 0 Å². The van der Waals surface area contributed by atoms with Crippen LogP contribution < -0.4 is 10.5 Å². The molecular formula is C20H20FN5O2. The Labute approximate surface area is 160 Å². The van der Waals surface area contributed by atoms with Crippen LogP contribution in [-0.4, -0.2) is 51.4 Å². The van der Waals surface area contributed by atoms with Crippen LogP contribution >= 0.6 is 0 Å². The van der Waals surface area contributed by atoms with Crippen molar-refractivity contribution in [3.05, 3.63) is 64.1 Å². The Kier molecular flexibility index (Phi) is 3.75. The Bertz CT molecular complexity index is 1090. The minimum absolute atomic E-state index is 0.0498. The zero-order chi connectivity index (χ0) is 19.4. The lowest BCUT2D eigenvalue weighted by Gasteiger charge is -2.22. The summed E-state index contributed by atoms with van der Waals surface area (Å²) in [4.78, 5) is 35.2. The molecule has 2 aliphatic rings. The van der Waals surface area contributed by atoms with Gasteiger partial charge in [0.2, 0.25) is 11.8 Å². The van der Waals surface area contributed by atoms with Crippen molar-refractivity contribution in [1.82, 2.24) is 19.3 Å². The van der Waals surface area contributed by atoms with E-state index in [2.05, 4.69) is 9.97 Å². The van der Waals surface area contributed by atoms with Crippen molar-refractivity contribution >= 4 is 17.4 Å². The first-order chi connectivity index (χ1) is 13.5. The van der Waals surface area contributed by atoms with Crippen molar-refractivity contribution in [3.63, 3.8) is 0 Å². The Morgan fingerprint density at radius 1 is 1.21 bits per heavy atom. The lowest BCUT2D eigenvalue weighted by Crippen LogP contribution is -2.34. The summed E-state index contributed by atoms with van der Waals surface area (Å²) < 4.78 is 15.5. The van der Waals surface area contributed by atoms with Crippen molar-refractivity contribution in [2.75, 3.05) is 31.1 Å². The van der Waals surface area contributed by atoms with Gasteiger partial charge in [-0.1, -0.05) is 6.07 Å². The first kappa shape index (κ1) is 17.0. The maximum Gasteiger partial charge on any atom is 0.288 e. The molecule has 1 N–H and O–H groups in total. The Hall–Kier alpha value is -3.16. The molecule has 3 aromatic heterocycles. The first-order valence-electron chi connectivity index (χ1n) is 9.37. The van der Waals surface area contributed by atoms with E-state index in [9.17, 15) is 14.0 Å². The van der Waals surface area contributed by atoms with E-state index in [1.54, 1.807) is 0 Å². The number of anilines is 1. The first-order valence-corrected chi connectivity index (χ1v) is 9.37. The van der Waals surface area contributed by atoms with Gasteiger partial charge in [-0.2, -0.15) is 4.39 Å². The third-order valence-corrected chi connectivity index (χ3v) is 5.84. The quantitative estimate of drug-likeness (QED) is 0.733. The van der Waals surface area contributed by atoms with E-state index in [0.29, 0.717) is 49.5 Å². The van der Waals surface area contributed by atoms with Gasteiger partial charge in [-0.3, -0.25) is 14.6 Å². The molecule has 28 heavy (non-hydrogen) atoms. The van der Waals surface area contributed by atoms with Gasteiger partial charge in [0.1, 0.15) is 0 Å². The van der Waals surface area contributed by atoms with Crippen LogP contribution in [0.5, 0.6) is 0 Å². The standard InChI is InChI=1S/C20H20FN5O2/c1-12-17(21)18(27)23-20(22-12)26-10-14-8-25(9-15(14)11-26)19(28)13-6-16-4-2-3-5-24(16)7-13/h2-7,14-15H,8-11H2,1H3,(H,22,23,27). The van der Waals surface area contributed by atoms with E-state index in [1.807, 2.05) is 50.9 Å². The summed E-state index contributed by atoms with van der Waals surface area (Å²) in [5.41, 5.74) is 1.06. The van der Waals surface area contributed by atoms with Gasteiger partial charge in [0, 0.05) is 55.9 Å². The van der Waals surface area contributed by atoms with Crippen molar-refractivity contribution in [2.24, 2.45) is 11.8 Å². The largest absolute Gasteiger partial charge is 0.342 e. The molecule has 0 aromatic carbocycles. The predicted octanol–water partition coefficient (Wildman–Crippen LogP) is 1.68. The van der Waals surface area contributed by atoms with Crippen LogP contribution in [0.25, 0.3) is 5.52 Å². The topological polar surface area (TPSA) is 73.7 Å². The molecule has 8 heteroatoms. The van der Waals surface area contributed by atoms with Crippen molar-refractivity contribution < 1.29 is 9.18 Å². The number of hydrogen-bond acceptors (Lipinski definition) is 4. The van der Waals surface area contributed by atoms with Crippen LogP contribution in [-0.2, 0) is 0 Å². The highest BCUT2D eigenvalue weighted by atomic mass is 19.1. The van der Waals surface area contributed by atoms with E-state index in [1.165, 1.54) is 6.92 Å². The minimum atomic E-state index is -0.833. The number of rotatable bonds is 2. The predicted molar refractivity (Wildman–Crippen MR) is 102 cm³/mol. The molecule has 144 valence electrons. The molecule has 7 nitrogen and oxygen atoms in total. The molecule has 2 fully saturated rings. The number of H-pyrrole nitrogens is 1. The van der Waals surface area contributed by atoms with Gasteiger partial charge in [0.05, 0.1) is 11.3 Å². The molecule has 0 saturated carbocycles. The second-order valence-corrected chi connectivity index (χ2v) is 7.69. The fourth-order valence-corrected chi connectivity index (χ4v) is 4.39. The molecule has 2 atom stereocenters. The molecule has 0 aliphatic carbocycles. The second kappa shape index (κ2) is 6.19. The second-order valence-electron chi connectivity index (χ2n) is 7.69. The number of halogens is 1. The number of aromatic amines is 1. The number of nitrogens with one attached hydrogen (secondary N) is 1. The van der Waals surface area contributed by atoms with Gasteiger partial charge in [0.15, 0.2) is 0 Å². The number of hydrogen-bond donors (Lipinski definition) is 1. The van der Waals surface area contributed by atoms with Gasteiger partial charge in [-0.25, -0.2) is 4.98 Å². The van der Waals surface area contributed by atoms with Crippen LogP contribution in [0, 0.1) is 24.6 Å². The maximum absolute atomic E-state index is 13.5. The normalized spacial score (nSPS) is 21.5. The number of likely N-dealkylation sites (tertiary alicyclic amines) is 1. The zero-order valence-corrected chi connectivity index (χ0v) is 15.4. The average Bonchev–Trinajstić information content (AvgIpc) is 3.37. The van der Waals surface area contributed by atoms with Crippen LogP contribution in [0.4, 0.5) is 10.3 Å². The fraction of sp³-hybridized carbons (Fsp3) is 0.350. The van der Waals surface area contributed by atoms with Gasteiger partial charge in [-0.05, 0) is 25.1 Å². The lowest BCUT2D eigenvalue weighted by atomic mass is 10.0. The molecule has 0 spiro atoms. The number of pyridine rings is 1. The average molecular weight is 381 g/mol. The summed E-state index contributed by atoms with van der Waals surface area (Å²) >= 11 is 0. The fourth-order valence-electron chi connectivity index (χ4n) is 4.39. The summed E-state index contributed by atoms with van der Waals surface area (Å²) in [6.07, 6.45) is 3.80. The molecule has 1 amide bonds.